The highest BCUT2D eigenvalue weighted by molar-refractivity contribution is 5.82. The van der Waals surface area contributed by atoms with Gasteiger partial charge < -0.3 is 10.2 Å². The first-order chi connectivity index (χ1) is 14.9. The molecule has 2 atom stereocenters. The van der Waals surface area contributed by atoms with Crippen molar-refractivity contribution in [1.29, 1.82) is 0 Å². The zero-order valence-corrected chi connectivity index (χ0v) is 17.1. The number of nitrogens with zero attached hydrogens (tertiary/aromatic N) is 1. The summed E-state index contributed by atoms with van der Waals surface area (Å²) in [4.78, 5) is 26.3. The lowest BCUT2D eigenvalue weighted by Crippen LogP contribution is -2.50. The van der Waals surface area contributed by atoms with Gasteiger partial charge in [-0.05, 0) is 54.5 Å². The number of nitrogens with one attached hydrogen (secondary N) is 1. The van der Waals surface area contributed by atoms with Crippen LogP contribution in [0.2, 0.25) is 0 Å². The van der Waals surface area contributed by atoms with Crippen molar-refractivity contribution in [2.45, 2.75) is 50.6 Å². The normalized spacial score (nSPS) is 21.2. The number of halogens is 3. The fraction of sp³-hybridized carbons (Fsp3) is 0.417. The number of hydrogen-bond donors (Lipinski definition) is 1. The largest absolute Gasteiger partial charge is 0.346 e. The lowest BCUT2D eigenvalue weighted by Gasteiger charge is -2.34. The van der Waals surface area contributed by atoms with E-state index in [4.69, 9.17) is 0 Å². The third-order valence-electron chi connectivity index (χ3n) is 6.34. The molecule has 7 heteroatoms. The molecule has 4 rings (SSSR count). The van der Waals surface area contributed by atoms with Crippen LogP contribution in [0.5, 0.6) is 0 Å². The molecule has 2 aromatic rings. The Bertz CT molecular complexity index is 961. The van der Waals surface area contributed by atoms with E-state index in [-0.39, 0.29) is 17.6 Å². The van der Waals surface area contributed by atoms with E-state index in [1.54, 1.807) is 11.0 Å². The summed E-state index contributed by atoms with van der Waals surface area (Å²) in [7, 11) is 0. The number of alkyl halides is 2. The molecule has 2 fully saturated rings. The van der Waals surface area contributed by atoms with Gasteiger partial charge in [0.1, 0.15) is 5.82 Å². The van der Waals surface area contributed by atoms with Crippen molar-refractivity contribution in [3.05, 3.63) is 59.9 Å². The summed E-state index contributed by atoms with van der Waals surface area (Å²) < 4.78 is 39.3. The maximum Gasteiger partial charge on any atom is 0.315 e. The lowest BCUT2D eigenvalue weighted by molar-refractivity contribution is -0.140. The molecule has 1 heterocycles. The molecule has 0 bridgehead atoms. The molecule has 31 heavy (non-hydrogen) atoms. The predicted molar refractivity (Wildman–Crippen MR) is 111 cm³/mol. The molecular weight excluding hydrogens is 405 g/mol. The van der Waals surface area contributed by atoms with Gasteiger partial charge in [-0.1, -0.05) is 42.8 Å². The van der Waals surface area contributed by atoms with Gasteiger partial charge in [0.2, 0.25) is 5.91 Å². The smallest absolute Gasteiger partial charge is 0.315 e. The van der Waals surface area contributed by atoms with Crippen LogP contribution in [0.4, 0.5) is 13.2 Å². The van der Waals surface area contributed by atoms with Crippen LogP contribution in [0, 0.1) is 11.7 Å². The summed E-state index contributed by atoms with van der Waals surface area (Å²) in [5.41, 5.74) is 2.47. The van der Waals surface area contributed by atoms with Crippen LogP contribution >= 0.6 is 0 Å². The molecule has 2 unspecified atom stereocenters. The first-order valence-electron chi connectivity index (χ1n) is 10.7. The summed E-state index contributed by atoms with van der Waals surface area (Å²) >= 11 is 0. The molecule has 0 radical (unpaired) electrons. The number of amides is 2. The zero-order chi connectivity index (χ0) is 22.0. The highest BCUT2D eigenvalue weighted by Crippen LogP contribution is 2.33. The van der Waals surface area contributed by atoms with Crippen molar-refractivity contribution >= 4 is 11.8 Å². The van der Waals surface area contributed by atoms with Crippen molar-refractivity contribution in [3.8, 4) is 11.1 Å². The van der Waals surface area contributed by atoms with E-state index in [2.05, 4.69) is 5.32 Å². The molecule has 1 saturated carbocycles. The first-order valence-corrected chi connectivity index (χ1v) is 10.7. The van der Waals surface area contributed by atoms with Crippen molar-refractivity contribution in [1.82, 2.24) is 10.2 Å². The topological polar surface area (TPSA) is 49.4 Å². The Hall–Kier alpha value is -2.83. The van der Waals surface area contributed by atoms with Gasteiger partial charge >= 0.3 is 6.43 Å². The molecule has 2 aromatic carbocycles. The van der Waals surface area contributed by atoms with Crippen LogP contribution < -0.4 is 5.32 Å². The van der Waals surface area contributed by atoms with E-state index < -0.39 is 24.4 Å². The minimum atomic E-state index is -3.09. The molecule has 1 aliphatic carbocycles. The molecule has 1 N–H and O–H groups in total. The van der Waals surface area contributed by atoms with Crippen LogP contribution in [0.25, 0.3) is 11.1 Å². The highest BCUT2D eigenvalue weighted by Gasteiger charge is 2.41. The number of likely N-dealkylation sites (tertiary alicyclic amines) is 1. The Morgan fingerprint density at radius 1 is 1.03 bits per heavy atom. The Morgan fingerprint density at radius 2 is 1.74 bits per heavy atom. The Labute approximate surface area is 179 Å². The van der Waals surface area contributed by atoms with Crippen LogP contribution in [-0.4, -0.2) is 41.8 Å². The molecule has 2 amide bonds. The third-order valence-corrected chi connectivity index (χ3v) is 6.34. The van der Waals surface area contributed by atoms with E-state index in [0.717, 1.165) is 36.0 Å². The first kappa shape index (κ1) is 21.4. The Kier molecular flexibility index (Phi) is 6.30. The van der Waals surface area contributed by atoms with Gasteiger partial charge in [-0.3, -0.25) is 9.59 Å². The fourth-order valence-electron chi connectivity index (χ4n) is 4.47. The van der Waals surface area contributed by atoms with E-state index in [0.29, 0.717) is 19.4 Å². The van der Waals surface area contributed by atoms with E-state index >= 15 is 0 Å². The Balaban J connectivity index is 1.57. The molecule has 1 saturated heterocycles. The number of carbonyl (C=O) groups excluding carboxylic acids is 2. The minimum absolute atomic E-state index is 0.00863. The van der Waals surface area contributed by atoms with Gasteiger partial charge in [-0.2, -0.15) is 8.78 Å². The number of rotatable bonds is 6. The van der Waals surface area contributed by atoms with Crippen LogP contribution in [0.3, 0.4) is 0 Å². The molecule has 2 aliphatic rings. The van der Waals surface area contributed by atoms with E-state index in [1.165, 1.54) is 12.1 Å². The van der Waals surface area contributed by atoms with Gasteiger partial charge in [0, 0.05) is 12.5 Å². The number of hydrogen-bond acceptors (Lipinski definition) is 2. The van der Waals surface area contributed by atoms with E-state index in [1.807, 2.05) is 30.3 Å². The predicted octanol–water partition coefficient (Wildman–Crippen LogP) is 4.19. The Morgan fingerprint density at radius 3 is 2.39 bits per heavy atom. The molecule has 1 aliphatic heterocycles. The lowest BCUT2D eigenvalue weighted by atomic mass is 9.84. The summed E-state index contributed by atoms with van der Waals surface area (Å²) in [6, 6.07) is 12.9. The van der Waals surface area contributed by atoms with Crippen molar-refractivity contribution in [2.24, 2.45) is 5.92 Å². The summed E-state index contributed by atoms with van der Waals surface area (Å²) in [5, 5.41) is 2.43. The average molecular weight is 430 g/mol. The molecule has 0 aromatic heterocycles. The summed E-state index contributed by atoms with van der Waals surface area (Å²) in [6.45, 7) is 0.442. The second-order valence-electron chi connectivity index (χ2n) is 8.35. The van der Waals surface area contributed by atoms with Crippen LogP contribution in [0.1, 0.15) is 31.2 Å². The third kappa shape index (κ3) is 4.75. The second kappa shape index (κ2) is 9.12. The van der Waals surface area contributed by atoms with Gasteiger partial charge in [-0.15, -0.1) is 0 Å². The van der Waals surface area contributed by atoms with E-state index in [9.17, 15) is 22.8 Å². The molecule has 0 spiro atoms. The molecule has 164 valence electrons. The molecular formula is C24H25F3N2O2. The van der Waals surface area contributed by atoms with Crippen LogP contribution in [-0.2, 0) is 16.0 Å². The van der Waals surface area contributed by atoms with Gasteiger partial charge in [0.15, 0.2) is 0 Å². The summed E-state index contributed by atoms with van der Waals surface area (Å²) in [5.74, 6) is -1.59. The highest BCUT2D eigenvalue weighted by atomic mass is 19.3. The number of carbonyl (C=O) groups is 2. The van der Waals surface area contributed by atoms with Crippen molar-refractivity contribution in [3.63, 3.8) is 0 Å². The van der Waals surface area contributed by atoms with Gasteiger partial charge in [0.25, 0.3) is 5.91 Å². The van der Waals surface area contributed by atoms with Gasteiger partial charge in [-0.25, -0.2) is 4.39 Å². The monoisotopic (exact) mass is 430 g/mol. The fourth-order valence-corrected chi connectivity index (χ4v) is 4.47. The average Bonchev–Trinajstić information content (AvgIpc) is 3.09. The molecule has 4 nitrogen and oxygen atoms in total. The minimum Gasteiger partial charge on any atom is -0.346 e. The maximum absolute atomic E-state index is 13.6. The van der Waals surface area contributed by atoms with Gasteiger partial charge in [0.05, 0.1) is 12.1 Å². The zero-order valence-electron chi connectivity index (χ0n) is 17.1. The number of benzene rings is 2. The second-order valence-corrected chi connectivity index (χ2v) is 8.35. The van der Waals surface area contributed by atoms with Crippen LogP contribution in [0.15, 0.2) is 48.5 Å². The summed E-state index contributed by atoms with van der Waals surface area (Å²) in [6.07, 6.45) is 0.515. The maximum atomic E-state index is 13.6. The quantitative estimate of drug-likeness (QED) is 0.747. The standard InChI is InChI=1S/C24H25F3N2O2/c25-19-9-3-8-18(14-19)17-7-1-4-15(12-17)13-21-20(28-23(30)22(26)27)10-11-29(21)24(31)16-5-2-6-16/h1,3-4,7-9,12,14,16,20-22H,2,5-6,10-11,13H2,(H,28,30). The SMILES string of the molecule is O=C(NC1CCN(C(=O)C2CCC2)C1Cc1cccc(-c2cccc(F)c2)c1)C(F)F. The van der Waals surface area contributed by atoms with Crippen molar-refractivity contribution in [2.75, 3.05) is 6.54 Å². The van der Waals surface area contributed by atoms with Crippen molar-refractivity contribution < 1.29 is 22.8 Å².